The summed E-state index contributed by atoms with van der Waals surface area (Å²) in [7, 11) is 0. The molecule has 2 heterocycles. The third-order valence-electron chi connectivity index (χ3n) is 2.57. The summed E-state index contributed by atoms with van der Waals surface area (Å²) >= 11 is 4.98. The van der Waals surface area contributed by atoms with Crippen molar-refractivity contribution in [3.63, 3.8) is 0 Å². The molecule has 3 rings (SSSR count). The van der Waals surface area contributed by atoms with Crippen molar-refractivity contribution in [2.24, 2.45) is 0 Å². The molecule has 0 N–H and O–H groups in total. The lowest BCUT2D eigenvalue weighted by Crippen LogP contribution is -2.11. The Morgan fingerprint density at radius 2 is 2.05 bits per heavy atom. The topological polar surface area (TPSA) is 52.8 Å². The number of hydrogen-bond acceptors (Lipinski definition) is 5. The van der Waals surface area contributed by atoms with E-state index >= 15 is 0 Å². The minimum absolute atomic E-state index is 0.502. The van der Waals surface area contributed by atoms with Crippen LogP contribution in [0.1, 0.15) is 0 Å². The monoisotopic (exact) mass is 350 g/mol. The Kier molecular flexibility index (Phi) is 4.08. The molecule has 0 unspecified atom stereocenters. The zero-order chi connectivity index (χ0) is 13.8. The lowest BCUT2D eigenvalue weighted by atomic mass is 10.3. The molecular weight excluding hydrogens is 340 g/mol. The van der Waals surface area contributed by atoms with Crippen LogP contribution in [0.4, 0.5) is 0 Å². The van der Waals surface area contributed by atoms with Crippen molar-refractivity contribution in [2.75, 3.05) is 6.61 Å². The van der Waals surface area contributed by atoms with E-state index in [2.05, 4.69) is 31.3 Å². The van der Waals surface area contributed by atoms with Gasteiger partial charge < -0.3 is 4.74 Å². The molecule has 7 heteroatoms. The van der Waals surface area contributed by atoms with Gasteiger partial charge in [-0.15, -0.1) is 21.5 Å². The van der Waals surface area contributed by atoms with Crippen LogP contribution < -0.4 is 4.74 Å². The van der Waals surface area contributed by atoms with Gasteiger partial charge in [0.15, 0.2) is 0 Å². The van der Waals surface area contributed by atoms with E-state index in [4.69, 9.17) is 4.74 Å². The smallest absolute Gasteiger partial charge is 0.214 e. The van der Waals surface area contributed by atoms with Gasteiger partial charge in [0.1, 0.15) is 12.4 Å². The van der Waals surface area contributed by atoms with Crippen LogP contribution in [0.15, 0.2) is 46.3 Å². The van der Waals surface area contributed by atoms with Gasteiger partial charge in [-0.25, -0.2) is 0 Å². The van der Waals surface area contributed by atoms with Crippen molar-refractivity contribution in [3.8, 4) is 16.5 Å². The fourth-order valence-electron chi connectivity index (χ4n) is 1.62. The van der Waals surface area contributed by atoms with Crippen molar-refractivity contribution in [1.29, 1.82) is 0 Å². The summed E-state index contributed by atoms with van der Waals surface area (Å²) in [5, 5.41) is 14.3. The molecule has 0 radical (unpaired) electrons. The Labute approximate surface area is 128 Å². The average molecular weight is 351 g/mol. The van der Waals surface area contributed by atoms with E-state index in [1.54, 1.807) is 16.1 Å². The molecule has 0 spiro atoms. The Balaban J connectivity index is 1.55. The van der Waals surface area contributed by atoms with E-state index in [0.717, 1.165) is 15.1 Å². The summed E-state index contributed by atoms with van der Waals surface area (Å²) < 4.78 is 6.65. The quantitative estimate of drug-likeness (QED) is 0.708. The van der Waals surface area contributed by atoms with Gasteiger partial charge >= 0.3 is 0 Å². The summed E-state index contributed by atoms with van der Waals surface area (Å²) in [6, 6.07) is 11.7. The fraction of sp³-hybridized carbons (Fsp3) is 0.154. The molecule has 0 aliphatic carbocycles. The van der Waals surface area contributed by atoms with Crippen LogP contribution in [-0.2, 0) is 6.54 Å². The van der Waals surface area contributed by atoms with Crippen molar-refractivity contribution in [2.45, 2.75) is 6.54 Å². The number of thiophene rings is 1. The third kappa shape index (κ3) is 3.23. The summed E-state index contributed by atoms with van der Waals surface area (Å²) in [5.41, 5.74) is 0. The maximum Gasteiger partial charge on any atom is 0.214 e. The summed E-state index contributed by atoms with van der Waals surface area (Å²) in [6.07, 6.45) is 0. The number of hydrogen-bond donors (Lipinski definition) is 0. The fourth-order valence-corrected chi connectivity index (χ4v) is 2.53. The first kappa shape index (κ1) is 13.3. The van der Waals surface area contributed by atoms with Crippen LogP contribution in [0.25, 0.3) is 10.7 Å². The zero-order valence-electron chi connectivity index (χ0n) is 10.4. The van der Waals surface area contributed by atoms with Gasteiger partial charge in [-0.2, -0.15) is 4.80 Å². The van der Waals surface area contributed by atoms with Crippen molar-refractivity contribution < 1.29 is 4.74 Å². The van der Waals surface area contributed by atoms with Crippen LogP contribution in [0.5, 0.6) is 5.75 Å². The van der Waals surface area contributed by atoms with E-state index < -0.39 is 0 Å². The summed E-state index contributed by atoms with van der Waals surface area (Å²) in [5.74, 6) is 1.48. The van der Waals surface area contributed by atoms with Crippen molar-refractivity contribution in [1.82, 2.24) is 20.2 Å². The first-order valence-electron chi connectivity index (χ1n) is 6.01. The maximum absolute atomic E-state index is 5.62. The Morgan fingerprint density at radius 1 is 1.20 bits per heavy atom. The second-order valence-corrected chi connectivity index (χ2v) is 5.85. The molecular formula is C13H11BrN4OS. The van der Waals surface area contributed by atoms with Gasteiger partial charge in [-0.1, -0.05) is 22.0 Å². The largest absolute Gasteiger partial charge is 0.492 e. The molecule has 0 saturated carbocycles. The first-order valence-corrected chi connectivity index (χ1v) is 7.68. The van der Waals surface area contributed by atoms with Crippen molar-refractivity contribution >= 4 is 27.3 Å². The molecule has 3 aromatic rings. The third-order valence-corrected chi connectivity index (χ3v) is 3.96. The molecule has 0 aliphatic rings. The number of nitrogens with zero attached hydrogens (tertiary/aromatic N) is 4. The highest BCUT2D eigenvalue weighted by molar-refractivity contribution is 9.10. The minimum atomic E-state index is 0.502. The highest BCUT2D eigenvalue weighted by atomic mass is 79.9. The van der Waals surface area contributed by atoms with E-state index in [1.807, 2.05) is 41.8 Å². The average Bonchev–Trinajstić information content (AvgIpc) is 3.11. The van der Waals surface area contributed by atoms with E-state index in [9.17, 15) is 0 Å². The lowest BCUT2D eigenvalue weighted by molar-refractivity contribution is 0.280. The predicted molar refractivity (Wildman–Crippen MR) is 80.8 cm³/mol. The normalized spacial score (nSPS) is 10.7. The standard InChI is InChI=1S/C13H11BrN4OS/c14-10-3-5-11(6-4-10)19-8-7-18-16-13(15-17-18)12-2-1-9-20-12/h1-6,9H,7-8H2. The number of halogens is 1. The van der Waals surface area contributed by atoms with Crippen LogP contribution in [0.3, 0.4) is 0 Å². The van der Waals surface area contributed by atoms with Crippen LogP contribution in [0.2, 0.25) is 0 Å². The predicted octanol–water partition coefficient (Wildman–Crippen LogP) is 3.24. The first-order chi connectivity index (χ1) is 9.81. The van der Waals surface area contributed by atoms with Crippen LogP contribution in [-0.4, -0.2) is 26.8 Å². The molecule has 0 bridgehead atoms. The molecule has 5 nitrogen and oxygen atoms in total. The number of benzene rings is 1. The molecule has 0 atom stereocenters. The molecule has 0 fully saturated rings. The highest BCUT2D eigenvalue weighted by Gasteiger charge is 2.06. The van der Waals surface area contributed by atoms with Crippen LogP contribution >= 0.6 is 27.3 Å². The lowest BCUT2D eigenvalue weighted by Gasteiger charge is -2.04. The molecule has 20 heavy (non-hydrogen) atoms. The second-order valence-electron chi connectivity index (χ2n) is 3.99. The Bertz CT molecular complexity index is 666. The van der Waals surface area contributed by atoms with Gasteiger partial charge in [-0.05, 0) is 40.9 Å². The zero-order valence-corrected chi connectivity index (χ0v) is 12.8. The van der Waals surface area contributed by atoms with E-state index in [1.165, 1.54) is 0 Å². The summed E-state index contributed by atoms with van der Waals surface area (Å²) in [6.45, 7) is 1.07. The SMILES string of the molecule is Brc1ccc(OCCn2nnc(-c3cccs3)n2)cc1. The van der Waals surface area contributed by atoms with Crippen LogP contribution in [0, 0.1) is 0 Å². The highest BCUT2D eigenvalue weighted by Crippen LogP contribution is 2.19. The van der Waals surface area contributed by atoms with Gasteiger partial charge in [0.2, 0.25) is 5.82 Å². The molecule has 2 aromatic heterocycles. The molecule has 0 saturated heterocycles. The van der Waals surface area contributed by atoms with E-state index in [0.29, 0.717) is 19.0 Å². The number of tetrazole rings is 1. The Morgan fingerprint density at radius 3 is 2.80 bits per heavy atom. The van der Waals surface area contributed by atoms with E-state index in [-0.39, 0.29) is 0 Å². The van der Waals surface area contributed by atoms with Crippen molar-refractivity contribution in [3.05, 3.63) is 46.3 Å². The number of aromatic nitrogens is 4. The summed E-state index contributed by atoms with van der Waals surface area (Å²) in [4.78, 5) is 2.57. The number of ether oxygens (including phenoxy) is 1. The van der Waals surface area contributed by atoms with Gasteiger partial charge in [0, 0.05) is 4.47 Å². The molecule has 1 aromatic carbocycles. The van der Waals surface area contributed by atoms with Gasteiger partial charge in [0.25, 0.3) is 0 Å². The van der Waals surface area contributed by atoms with Gasteiger partial charge in [0.05, 0.1) is 11.4 Å². The minimum Gasteiger partial charge on any atom is -0.492 e. The molecule has 0 aliphatic heterocycles. The number of rotatable bonds is 5. The maximum atomic E-state index is 5.62. The molecule has 102 valence electrons. The van der Waals surface area contributed by atoms with Gasteiger partial charge in [-0.3, -0.25) is 0 Å². The second kappa shape index (κ2) is 6.15. The molecule has 0 amide bonds. The Hall–Kier alpha value is -1.73.